The summed E-state index contributed by atoms with van der Waals surface area (Å²) >= 11 is 0. The first kappa shape index (κ1) is 17.3. The Morgan fingerprint density at radius 3 is 2.17 bits per heavy atom. The highest BCUT2D eigenvalue weighted by Crippen LogP contribution is 2.33. The Kier molecular flexibility index (Phi) is 6.42. The molecule has 0 spiro atoms. The number of carbonyl (C=O) groups excluding carboxylic acids is 1. The zero-order valence-corrected chi connectivity index (χ0v) is 14.6. The molecule has 0 aliphatic carbocycles. The minimum Gasteiger partial charge on any atom is -0.496 e. The van der Waals surface area contributed by atoms with Gasteiger partial charge < -0.3 is 14.2 Å². The monoisotopic (exact) mass is 332 g/mol. The predicted octanol–water partition coefficient (Wildman–Crippen LogP) is 3.64. The second-order valence-electron chi connectivity index (χ2n) is 4.87. The van der Waals surface area contributed by atoms with Crippen LogP contribution in [0.4, 0.5) is 0 Å². The summed E-state index contributed by atoms with van der Waals surface area (Å²) in [4.78, 5) is 12.5. The molecule has 122 valence electrons. The van der Waals surface area contributed by atoms with Crippen LogP contribution in [0.25, 0.3) is 0 Å². The van der Waals surface area contributed by atoms with Crippen molar-refractivity contribution in [3.05, 3.63) is 48.0 Å². The zero-order valence-electron chi connectivity index (χ0n) is 13.6. The van der Waals surface area contributed by atoms with Crippen LogP contribution in [0.15, 0.2) is 42.5 Å². The molecular formula is C18H21O4P. The van der Waals surface area contributed by atoms with E-state index in [0.717, 1.165) is 11.7 Å². The van der Waals surface area contributed by atoms with E-state index in [2.05, 4.69) is 0 Å². The van der Waals surface area contributed by atoms with E-state index < -0.39 is 0 Å². The molecule has 0 saturated heterocycles. The summed E-state index contributed by atoms with van der Waals surface area (Å²) in [6.45, 7) is 2.67. The Hall–Kier alpha value is -2.06. The number of methoxy groups -OCH3 is 2. The van der Waals surface area contributed by atoms with Gasteiger partial charge in [0, 0.05) is 17.7 Å². The van der Waals surface area contributed by atoms with E-state index in [1.807, 2.05) is 37.3 Å². The first-order chi connectivity index (χ1) is 11.2. The fourth-order valence-electron chi connectivity index (χ4n) is 2.09. The minimum absolute atomic E-state index is 0.0458. The van der Waals surface area contributed by atoms with Gasteiger partial charge >= 0.3 is 0 Å². The summed E-state index contributed by atoms with van der Waals surface area (Å²) in [5.41, 5.74) is 0.727. The zero-order chi connectivity index (χ0) is 16.7. The highest BCUT2D eigenvalue weighted by Gasteiger charge is 2.17. The third-order valence-electron chi connectivity index (χ3n) is 3.23. The van der Waals surface area contributed by atoms with Crippen LogP contribution < -0.4 is 19.5 Å². The number of rotatable bonds is 8. The molecule has 2 aromatic carbocycles. The SMILES string of the molecule is CCCOc1cc(OC)c(PC(=O)c2ccccc2)c(OC)c1. The van der Waals surface area contributed by atoms with Gasteiger partial charge in [0.15, 0.2) is 5.52 Å². The van der Waals surface area contributed by atoms with E-state index in [0.29, 0.717) is 29.4 Å². The van der Waals surface area contributed by atoms with E-state index in [1.54, 1.807) is 26.4 Å². The number of carbonyl (C=O) groups is 1. The largest absolute Gasteiger partial charge is 0.496 e. The van der Waals surface area contributed by atoms with Gasteiger partial charge in [0.1, 0.15) is 17.2 Å². The number of hydrogen-bond donors (Lipinski definition) is 0. The topological polar surface area (TPSA) is 44.8 Å². The average molecular weight is 332 g/mol. The molecule has 2 rings (SSSR count). The van der Waals surface area contributed by atoms with Crippen LogP contribution in [0.2, 0.25) is 0 Å². The fraction of sp³-hybridized carbons (Fsp3) is 0.278. The molecule has 0 aromatic heterocycles. The highest BCUT2D eigenvalue weighted by atomic mass is 31.1. The van der Waals surface area contributed by atoms with Crippen molar-refractivity contribution >= 4 is 19.4 Å². The number of ether oxygens (including phenoxy) is 3. The van der Waals surface area contributed by atoms with Gasteiger partial charge in [0.25, 0.3) is 0 Å². The maximum Gasteiger partial charge on any atom is 0.185 e. The lowest BCUT2D eigenvalue weighted by atomic mass is 10.2. The molecule has 0 bridgehead atoms. The van der Waals surface area contributed by atoms with Crippen molar-refractivity contribution in [2.75, 3.05) is 20.8 Å². The summed E-state index contributed by atoms with van der Waals surface area (Å²) in [7, 11) is 3.09. The van der Waals surface area contributed by atoms with Crippen LogP contribution in [0, 0.1) is 0 Å². The van der Waals surface area contributed by atoms with Crippen molar-refractivity contribution in [2.24, 2.45) is 0 Å². The lowest BCUT2D eigenvalue weighted by Crippen LogP contribution is -2.10. The average Bonchev–Trinajstić information content (AvgIpc) is 2.61. The van der Waals surface area contributed by atoms with Crippen LogP contribution in [0.5, 0.6) is 17.2 Å². The molecule has 1 unspecified atom stereocenters. The van der Waals surface area contributed by atoms with E-state index in [1.165, 1.54) is 0 Å². The van der Waals surface area contributed by atoms with Gasteiger partial charge in [-0.1, -0.05) is 37.3 Å². The Bertz CT molecular complexity index is 630. The van der Waals surface area contributed by atoms with Gasteiger partial charge in [-0.05, 0) is 15.0 Å². The number of hydrogen-bond acceptors (Lipinski definition) is 4. The first-order valence-electron chi connectivity index (χ1n) is 7.44. The second-order valence-corrected chi connectivity index (χ2v) is 6.08. The van der Waals surface area contributed by atoms with Crippen LogP contribution in [0.3, 0.4) is 0 Å². The molecular weight excluding hydrogens is 311 g/mol. The summed E-state index contributed by atoms with van der Waals surface area (Å²) in [6, 6.07) is 12.8. The summed E-state index contributed by atoms with van der Waals surface area (Å²) in [6.07, 6.45) is 0.917. The molecule has 4 nitrogen and oxygen atoms in total. The molecule has 0 heterocycles. The molecule has 0 saturated carbocycles. The number of benzene rings is 2. The van der Waals surface area contributed by atoms with Gasteiger partial charge in [-0.15, -0.1) is 0 Å². The highest BCUT2D eigenvalue weighted by molar-refractivity contribution is 7.66. The lowest BCUT2D eigenvalue weighted by molar-refractivity contribution is 0.108. The van der Waals surface area contributed by atoms with E-state index >= 15 is 0 Å². The molecule has 0 amide bonds. The molecule has 0 radical (unpaired) electrons. The Balaban J connectivity index is 2.31. The van der Waals surface area contributed by atoms with Gasteiger partial charge in [-0.25, -0.2) is 0 Å². The molecule has 0 aliphatic rings. The molecule has 5 heteroatoms. The van der Waals surface area contributed by atoms with E-state index in [4.69, 9.17) is 14.2 Å². The lowest BCUT2D eigenvalue weighted by Gasteiger charge is -2.15. The molecule has 0 N–H and O–H groups in total. The normalized spacial score (nSPS) is 10.7. The molecule has 2 aromatic rings. The third kappa shape index (κ3) is 4.46. The Labute approximate surface area is 138 Å². The molecule has 0 fully saturated rings. The van der Waals surface area contributed by atoms with Gasteiger partial charge in [-0.3, -0.25) is 4.79 Å². The maximum atomic E-state index is 12.5. The maximum absolute atomic E-state index is 12.5. The summed E-state index contributed by atoms with van der Waals surface area (Å²) in [5.74, 6) is 1.90. The predicted molar refractivity (Wildman–Crippen MR) is 94.1 cm³/mol. The van der Waals surface area contributed by atoms with Gasteiger partial charge in [0.2, 0.25) is 0 Å². The third-order valence-corrected chi connectivity index (χ3v) is 4.49. The summed E-state index contributed by atoms with van der Waals surface area (Å²) < 4.78 is 16.5. The standard InChI is InChI=1S/C18H21O4P/c1-4-10-22-14-11-15(20-2)17(16(12-14)21-3)23-18(19)13-8-6-5-7-9-13/h5-9,11-12,23H,4,10H2,1-3H3. The van der Waals surface area contributed by atoms with Crippen molar-refractivity contribution in [1.82, 2.24) is 0 Å². The van der Waals surface area contributed by atoms with Crippen molar-refractivity contribution in [3.63, 3.8) is 0 Å². The van der Waals surface area contributed by atoms with Crippen molar-refractivity contribution in [2.45, 2.75) is 13.3 Å². The first-order valence-corrected chi connectivity index (χ1v) is 8.44. The second kappa shape index (κ2) is 8.54. The van der Waals surface area contributed by atoms with Crippen LogP contribution in [-0.2, 0) is 0 Å². The van der Waals surface area contributed by atoms with Crippen LogP contribution >= 0.6 is 8.58 Å². The van der Waals surface area contributed by atoms with E-state index in [9.17, 15) is 4.79 Å². The van der Waals surface area contributed by atoms with Gasteiger partial charge in [-0.2, -0.15) is 0 Å². The Morgan fingerprint density at radius 1 is 1.04 bits per heavy atom. The summed E-state index contributed by atoms with van der Waals surface area (Å²) in [5, 5.41) is 0.757. The Morgan fingerprint density at radius 2 is 1.65 bits per heavy atom. The van der Waals surface area contributed by atoms with Crippen molar-refractivity contribution in [3.8, 4) is 17.2 Å². The van der Waals surface area contributed by atoms with Crippen molar-refractivity contribution < 1.29 is 19.0 Å². The minimum atomic E-state index is -0.0788. The molecule has 23 heavy (non-hydrogen) atoms. The van der Waals surface area contributed by atoms with Gasteiger partial charge in [0.05, 0.1) is 26.1 Å². The smallest absolute Gasteiger partial charge is 0.185 e. The quantitative estimate of drug-likeness (QED) is 0.693. The molecule has 0 aliphatic heterocycles. The molecule has 1 atom stereocenters. The van der Waals surface area contributed by atoms with Crippen LogP contribution in [0.1, 0.15) is 23.7 Å². The van der Waals surface area contributed by atoms with E-state index in [-0.39, 0.29) is 14.1 Å². The fourth-order valence-corrected chi connectivity index (χ4v) is 3.22. The van der Waals surface area contributed by atoms with Crippen LogP contribution in [-0.4, -0.2) is 26.4 Å². The van der Waals surface area contributed by atoms with Crippen molar-refractivity contribution in [1.29, 1.82) is 0 Å².